The molecule has 0 N–H and O–H groups in total. The molecule has 0 unspecified atom stereocenters. The predicted molar refractivity (Wildman–Crippen MR) is 252 cm³/mol. The minimum atomic E-state index is 0.872. The Morgan fingerprint density at radius 2 is 0.783 bits per heavy atom. The van der Waals surface area contributed by atoms with Gasteiger partial charge in [0.2, 0.25) is 0 Å². The SMILES string of the molecule is c1ccc(-c2c3c(c(-c4ccccc4)c4ccccc24)-c2ccc(-c4ccc5cc(-c6ccc(-c7cccc(-c8ccccn8)n7)cc6)ccc5c4)c4cccc-3c24)cc1. The second-order valence-electron chi connectivity index (χ2n) is 15.6. The van der Waals surface area contributed by atoms with E-state index in [1.807, 2.05) is 30.3 Å². The standard InChI is InChI=1S/C58H36N2/c1-3-13-39(14-4-1)54-47-17-7-8-18-48(47)55(40-15-5-2-6-16-40)58-50-33-32-45(46-19-11-20-49(56(46)50)57(54)58)44-31-30-42-35-41(28-29-43(42)36-44)37-24-26-38(27-25-37)51-22-12-23-53(60-51)52-21-9-10-34-59-52/h1-36H. The van der Waals surface area contributed by atoms with Crippen LogP contribution < -0.4 is 0 Å². The maximum absolute atomic E-state index is 4.91. The zero-order chi connectivity index (χ0) is 39.6. The minimum Gasteiger partial charge on any atom is -0.255 e. The number of benzene rings is 9. The molecule has 0 saturated carbocycles. The molecule has 0 aliphatic heterocycles. The summed E-state index contributed by atoms with van der Waals surface area (Å²) in [4.78, 5) is 9.40. The lowest BCUT2D eigenvalue weighted by Crippen LogP contribution is -1.93. The van der Waals surface area contributed by atoms with Crippen LogP contribution in [-0.4, -0.2) is 9.97 Å². The fourth-order valence-corrected chi connectivity index (χ4v) is 9.54. The van der Waals surface area contributed by atoms with Crippen LogP contribution in [0.5, 0.6) is 0 Å². The van der Waals surface area contributed by atoms with E-state index in [1.54, 1.807) is 6.20 Å². The summed E-state index contributed by atoms with van der Waals surface area (Å²) < 4.78 is 0. The van der Waals surface area contributed by atoms with Gasteiger partial charge in [-0.2, -0.15) is 0 Å². The van der Waals surface area contributed by atoms with E-state index in [9.17, 15) is 0 Å². The van der Waals surface area contributed by atoms with Crippen molar-refractivity contribution in [2.75, 3.05) is 0 Å². The van der Waals surface area contributed by atoms with Crippen molar-refractivity contribution in [1.29, 1.82) is 0 Å². The van der Waals surface area contributed by atoms with Crippen molar-refractivity contribution >= 4 is 32.3 Å². The summed E-state index contributed by atoms with van der Waals surface area (Å²) in [6.07, 6.45) is 1.81. The topological polar surface area (TPSA) is 25.8 Å². The number of pyridine rings is 2. The summed E-state index contributed by atoms with van der Waals surface area (Å²) in [5.41, 5.74) is 18.9. The summed E-state index contributed by atoms with van der Waals surface area (Å²) in [5.74, 6) is 0. The van der Waals surface area contributed by atoms with Crippen LogP contribution in [0.1, 0.15) is 0 Å². The molecule has 1 aliphatic carbocycles. The van der Waals surface area contributed by atoms with E-state index in [4.69, 9.17) is 4.98 Å². The van der Waals surface area contributed by atoms with Gasteiger partial charge in [-0.25, -0.2) is 4.98 Å². The van der Waals surface area contributed by atoms with Gasteiger partial charge in [-0.05, 0) is 135 Å². The summed E-state index contributed by atoms with van der Waals surface area (Å²) in [6, 6.07) is 76.9. The van der Waals surface area contributed by atoms with Gasteiger partial charge in [-0.1, -0.05) is 176 Å². The smallest absolute Gasteiger partial charge is 0.0893 e. The molecule has 0 bridgehead atoms. The molecular formula is C58H36N2. The number of fused-ring (bicyclic) bond motifs is 5. The Balaban J connectivity index is 0.948. The molecule has 0 atom stereocenters. The average molecular weight is 761 g/mol. The molecule has 9 aromatic carbocycles. The largest absolute Gasteiger partial charge is 0.255 e. The zero-order valence-electron chi connectivity index (χ0n) is 32.7. The van der Waals surface area contributed by atoms with Gasteiger partial charge in [0.05, 0.1) is 17.1 Å². The van der Waals surface area contributed by atoms with Crippen molar-refractivity contribution in [3.8, 4) is 89.4 Å². The lowest BCUT2D eigenvalue weighted by Gasteiger charge is -2.20. The van der Waals surface area contributed by atoms with Gasteiger partial charge in [-0.3, -0.25) is 4.98 Å². The van der Waals surface area contributed by atoms with E-state index >= 15 is 0 Å². The maximum atomic E-state index is 4.91. The van der Waals surface area contributed by atoms with Crippen LogP contribution in [0.4, 0.5) is 0 Å². The molecule has 11 aromatic rings. The molecule has 2 heterocycles. The summed E-state index contributed by atoms with van der Waals surface area (Å²) >= 11 is 0. The third kappa shape index (κ3) is 5.50. The highest BCUT2D eigenvalue weighted by Crippen LogP contribution is 2.58. The molecule has 2 nitrogen and oxygen atoms in total. The van der Waals surface area contributed by atoms with Crippen LogP contribution in [0, 0.1) is 0 Å². The molecule has 12 rings (SSSR count). The summed E-state index contributed by atoms with van der Waals surface area (Å²) in [6.45, 7) is 0. The number of hydrogen-bond donors (Lipinski definition) is 0. The zero-order valence-corrected chi connectivity index (χ0v) is 32.7. The highest BCUT2D eigenvalue weighted by Gasteiger charge is 2.31. The quantitative estimate of drug-likeness (QED) is 0.169. The van der Waals surface area contributed by atoms with Gasteiger partial charge in [0.1, 0.15) is 0 Å². The molecule has 0 radical (unpaired) electrons. The van der Waals surface area contributed by atoms with E-state index in [1.165, 1.54) is 99.1 Å². The molecule has 2 aromatic heterocycles. The van der Waals surface area contributed by atoms with Gasteiger partial charge in [0, 0.05) is 11.8 Å². The van der Waals surface area contributed by atoms with Crippen molar-refractivity contribution in [2.24, 2.45) is 0 Å². The van der Waals surface area contributed by atoms with Gasteiger partial charge < -0.3 is 0 Å². The Labute approximate surface area is 348 Å². The fraction of sp³-hybridized carbons (Fsp3) is 0. The lowest BCUT2D eigenvalue weighted by molar-refractivity contribution is 1.25. The van der Waals surface area contributed by atoms with Crippen LogP contribution >= 0.6 is 0 Å². The van der Waals surface area contributed by atoms with Gasteiger partial charge >= 0.3 is 0 Å². The van der Waals surface area contributed by atoms with Crippen molar-refractivity contribution in [3.05, 3.63) is 219 Å². The molecule has 0 fully saturated rings. The van der Waals surface area contributed by atoms with Crippen LogP contribution in [-0.2, 0) is 0 Å². The normalized spacial score (nSPS) is 11.7. The first-order valence-corrected chi connectivity index (χ1v) is 20.6. The average Bonchev–Trinajstić information content (AvgIpc) is 3.66. The highest BCUT2D eigenvalue weighted by molar-refractivity contribution is 6.28. The first kappa shape index (κ1) is 34.1. The molecule has 278 valence electrons. The first-order valence-electron chi connectivity index (χ1n) is 20.6. The van der Waals surface area contributed by atoms with Crippen LogP contribution in [0.25, 0.3) is 122 Å². The van der Waals surface area contributed by atoms with E-state index in [0.29, 0.717) is 0 Å². The number of aromatic nitrogens is 2. The minimum absolute atomic E-state index is 0.872. The second kappa shape index (κ2) is 13.9. The third-order valence-corrected chi connectivity index (χ3v) is 12.3. The Kier molecular flexibility index (Phi) is 7.89. The molecule has 0 spiro atoms. The Hall–Kier alpha value is -7.94. The van der Waals surface area contributed by atoms with Crippen molar-refractivity contribution in [3.63, 3.8) is 0 Å². The Morgan fingerprint density at radius 3 is 1.47 bits per heavy atom. The van der Waals surface area contributed by atoms with Crippen molar-refractivity contribution in [1.82, 2.24) is 9.97 Å². The third-order valence-electron chi connectivity index (χ3n) is 12.3. The van der Waals surface area contributed by atoms with Crippen LogP contribution in [0.2, 0.25) is 0 Å². The van der Waals surface area contributed by atoms with E-state index in [0.717, 1.165) is 22.6 Å². The summed E-state index contributed by atoms with van der Waals surface area (Å²) in [7, 11) is 0. The molecule has 60 heavy (non-hydrogen) atoms. The molecule has 0 amide bonds. The van der Waals surface area contributed by atoms with Crippen LogP contribution in [0.3, 0.4) is 0 Å². The predicted octanol–water partition coefficient (Wildman–Crippen LogP) is 15.6. The lowest BCUT2D eigenvalue weighted by atomic mass is 9.82. The van der Waals surface area contributed by atoms with Crippen LogP contribution in [0.15, 0.2) is 219 Å². The van der Waals surface area contributed by atoms with E-state index in [-0.39, 0.29) is 0 Å². The highest BCUT2D eigenvalue weighted by atomic mass is 14.8. The maximum Gasteiger partial charge on any atom is 0.0893 e. The second-order valence-corrected chi connectivity index (χ2v) is 15.6. The van der Waals surface area contributed by atoms with Gasteiger partial charge in [-0.15, -0.1) is 0 Å². The monoisotopic (exact) mass is 760 g/mol. The molecular weight excluding hydrogens is 725 g/mol. The Bertz CT molecular complexity index is 3350. The fourth-order valence-electron chi connectivity index (χ4n) is 9.54. The van der Waals surface area contributed by atoms with Gasteiger partial charge in [0.15, 0.2) is 0 Å². The Morgan fingerprint density at radius 1 is 0.267 bits per heavy atom. The first-order chi connectivity index (χ1) is 29.8. The van der Waals surface area contributed by atoms with E-state index < -0.39 is 0 Å². The summed E-state index contributed by atoms with van der Waals surface area (Å²) in [5, 5.41) is 7.60. The molecule has 1 aliphatic rings. The van der Waals surface area contributed by atoms with Crippen molar-refractivity contribution < 1.29 is 0 Å². The molecule has 0 saturated heterocycles. The van der Waals surface area contributed by atoms with Gasteiger partial charge in [0.25, 0.3) is 0 Å². The number of rotatable bonds is 6. The number of hydrogen-bond acceptors (Lipinski definition) is 2. The number of nitrogens with zero attached hydrogens (tertiary/aromatic N) is 2. The van der Waals surface area contributed by atoms with E-state index in [2.05, 4.69) is 187 Å². The molecule has 2 heteroatoms. The van der Waals surface area contributed by atoms with Crippen molar-refractivity contribution in [2.45, 2.75) is 0 Å².